The molecule has 1 amide bonds. The fourth-order valence-electron chi connectivity index (χ4n) is 1.84. The molecule has 1 aliphatic rings. The zero-order chi connectivity index (χ0) is 11.6. The van der Waals surface area contributed by atoms with Gasteiger partial charge in [-0.05, 0) is 32.2 Å². The van der Waals surface area contributed by atoms with Gasteiger partial charge in [-0.2, -0.15) is 0 Å². The lowest BCUT2D eigenvalue weighted by molar-refractivity contribution is -0.136. The summed E-state index contributed by atoms with van der Waals surface area (Å²) >= 11 is 0. The molecule has 4 nitrogen and oxygen atoms in total. The number of rotatable bonds is 7. The molecule has 4 heteroatoms. The van der Waals surface area contributed by atoms with E-state index in [4.69, 9.17) is 4.74 Å². The summed E-state index contributed by atoms with van der Waals surface area (Å²) in [5.41, 5.74) is 0. The van der Waals surface area contributed by atoms with Crippen molar-refractivity contribution in [1.29, 1.82) is 0 Å². The molecule has 0 unspecified atom stereocenters. The largest absolute Gasteiger partial charge is 0.370 e. The molecule has 94 valence electrons. The molecule has 0 aromatic heterocycles. The van der Waals surface area contributed by atoms with Gasteiger partial charge in [-0.1, -0.05) is 6.92 Å². The van der Waals surface area contributed by atoms with Crippen LogP contribution in [-0.4, -0.2) is 50.2 Å². The van der Waals surface area contributed by atoms with Crippen LogP contribution < -0.4 is 5.32 Å². The number of likely N-dealkylation sites (tertiary alicyclic amines) is 1. The first-order valence-corrected chi connectivity index (χ1v) is 6.41. The van der Waals surface area contributed by atoms with Gasteiger partial charge in [0.15, 0.2) is 0 Å². The molecule has 0 atom stereocenters. The fraction of sp³-hybridized carbons (Fsp3) is 0.917. The van der Waals surface area contributed by atoms with Crippen molar-refractivity contribution in [3.05, 3.63) is 0 Å². The van der Waals surface area contributed by atoms with Gasteiger partial charge in [-0.25, -0.2) is 0 Å². The molecule has 0 aromatic rings. The first-order chi connectivity index (χ1) is 7.84. The van der Waals surface area contributed by atoms with Gasteiger partial charge < -0.3 is 15.0 Å². The van der Waals surface area contributed by atoms with Gasteiger partial charge >= 0.3 is 0 Å². The summed E-state index contributed by atoms with van der Waals surface area (Å²) in [6, 6.07) is 0. The molecule has 1 N–H and O–H groups in total. The summed E-state index contributed by atoms with van der Waals surface area (Å²) in [6.45, 7) is 6.68. The number of carbonyl (C=O) groups excluding carboxylic acids is 1. The summed E-state index contributed by atoms with van der Waals surface area (Å²) in [4.78, 5) is 13.6. The third-order valence-electron chi connectivity index (χ3n) is 2.78. The van der Waals surface area contributed by atoms with Gasteiger partial charge in [-0.15, -0.1) is 0 Å². The Kier molecular flexibility index (Phi) is 7.17. The number of hydrogen-bond donors (Lipinski definition) is 1. The van der Waals surface area contributed by atoms with E-state index in [2.05, 4.69) is 12.2 Å². The second-order valence-electron chi connectivity index (χ2n) is 4.24. The number of nitrogens with one attached hydrogen (secondary N) is 1. The van der Waals surface area contributed by atoms with Crippen LogP contribution in [0.2, 0.25) is 0 Å². The average molecular weight is 228 g/mol. The monoisotopic (exact) mass is 228 g/mol. The maximum Gasteiger partial charge on any atom is 0.248 e. The van der Waals surface area contributed by atoms with E-state index in [0.29, 0.717) is 6.61 Å². The Hall–Kier alpha value is -0.610. The summed E-state index contributed by atoms with van der Waals surface area (Å²) in [5, 5.41) is 3.24. The van der Waals surface area contributed by atoms with E-state index in [0.717, 1.165) is 45.4 Å². The van der Waals surface area contributed by atoms with Gasteiger partial charge in [0.1, 0.15) is 6.61 Å². The molecule has 0 aromatic carbocycles. The highest BCUT2D eigenvalue weighted by atomic mass is 16.5. The Morgan fingerprint density at radius 2 is 2.00 bits per heavy atom. The van der Waals surface area contributed by atoms with Gasteiger partial charge in [0.25, 0.3) is 0 Å². The van der Waals surface area contributed by atoms with Gasteiger partial charge in [0.05, 0.1) is 6.61 Å². The van der Waals surface area contributed by atoms with E-state index in [9.17, 15) is 4.79 Å². The molecule has 0 radical (unpaired) electrons. The minimum absolute atomic E-state index is 0.148. The van der Waals surface area contributed by atoms with Crippen molar-refractivity contribution in [3.63, 3.8) is 0 Å². The minimum Gasteiger partial charge on any atom is -0.370 e. The lowest BCUT2D eigenvalue weighted by Crippen LogP contribution is -2.38. The van der Waals surface area contributed by atoms with Crippen LogP contribution >= 0.6 is 0 Å². The Morgan fingerprint density at radius 1 is 1.25 bits per heavy atom. The van der Waals surface area contributed by atoms with E-state index in [1.54, 1.807) is 0 Å². The SMILES string of the molecule is CCCNCCOCC(=O)N1CCCCC1. The van der Waals surface area contributed by atoms with Crippen LogP contribution in [0.1, 0.15) is 32.6 Å². The van der Waals surface area contributed by atoms with Gasteiger partial charge in [0, 0.05) is 19.6 Å². The van der Waals surface area contributed by atoms with Crippen molar-refractivity contribution in [2.45, 2.75) is 32.6 Å². The number of hydrogen-bond acceptors (Lipinski definition) is 3. The molecular formula is C12H24N2O2. The highest BCUT2D eigenvalue weighted by Gasteiger charge is 2.15. The molecule has 1 rings (SSSR count). The number of piperidine rings is 1. The fourth-order valence-corrected chi connectivity index (χ4v) is 1.84. The van der Waals surface area contributed by atoms with Crippen LogP contribution in [0, 0.1) is 0 Å². The topological polar surface area (TPSA) is 41.6 Å². The second-order valence-corrected chi connectivity index (χ2v) is 4.24. The summed E-state index contributed by atoms with van der Waals surface area (Å²) in [5.74, 6) is 0.148. The molecular weight excluding hydrogens is 204 g/mol. The Morgan fingerprint density at radius 3 is 2.69 bits per heavy atom. The van der Waals surface area contributed by atoms with Crippen LogP contribution in [0.15, 0.2) is 0 Å². The maximum atomic E-state index is 11.7. The molecule has 0 saturated carbocycles. The smallest absolute Gasteiger partial charge is 0.248 e. The van der Waals surface area contributed by atoms with Gasteiger partial charge in [-0.3, -0.25) is 4.79 Å². The Bertz CT molecular complexity index is 191. The van der Waals surface area contributed by atoms with Crippen LogP contribution in [0.25, 0.3) is 0 Å². The van der Waals surface area contributed by atoms with Crippen molar-refractivity contribution in [3.8, 4) is 0 Å². The highest BCUT2D eigenvalue weighted by molar-refractivity contribution is 5.77. The molecule has 1 aliphatic heterocycles. The molecule has 0 spiro atoms. The van der Waals surface area contributed by atoms with Crippen molar-refractivity contribution < 1.29 is 9.53 Å². The van der Waals surface area contributed by atoms with Crippen molar-refractivity contribution in [2.75, 3.05) is 39.4 Å². The number of nitrogens with zero attached hydrogens (tertiary/aromatic N) is 1. The zero-order valence-corrected chi connectivity index (χ0v) is 10.3. The molecule has 1 fully saturated rings. The van der Waals surface area contributed by atoms with Crippen LogP contribution in [0.4, 0.5) is 0 Å². The maximum absolute atomic E-state index is 11.7. The predicted molar refractivity (Wildman–Crippen MR) is 64.4 cm³/mol. The first kappa shape index (κ1) is 13.5. The highest BCUT2D eigenvalue weighted by Crippen LogP contribution is 2.08. The van der Waals surface area contributed by atoms with E-state index in [1.165, 1.54) is 6.42 Å². The van der Waals surface area contributed by atoms with E-state index in [1.807, 2.05) is 4.90 Å². The van der Waals surface area contributed by atoms with Crippen molar-refractivity contribution in [1.82, 2.24) is 10.2 Å². The number of ether oxygens (including phenoxy) is 1. The summed E-state index contributed by atoms with van der Waals surface area (Å²) in [7, 11) is 0. The van der Waals surface area contributed by atoms with E-state index < -0.39 is 0 Å². The number of carbonyl (C=O) groups is 1. The molecule has 1 saturated heterocycles. The standard InChI is InChI=1S/C12H24N2O2/c1-2-6-13-7-10-16-11-12(15)14-8-4-3-5-9-14/h13H,2-11H2,1H3. The molecule has 1 heterocycles. The summed E-state index contributed by atoms with van der Waals surface area (Å²) in [6.07, 6.45) is 4.67. The Labute approximate surface area is 98.3 Å². The minimum atomic E-state index is 0.148. The lowest BCUT2D eigenvalue weighted by Gasteiger charge is -2.26. The van der Waals surface area contributed by atoms with Gasteiger partial charge in [0.2, 0.25) is 5.91 Å². The third-order valence-corrected chi connectivity index (χ3v) is 2.78. The molecule has 0 bridgehead atoms. The normalized spacial score (nSPS) is 16.4. The van der Waals surface area contributed by atoms with E-state index >= 15 is 0 Å². The molecule has 16 heavy (non-hydrogen) atoms. The third kappa shape index (κ3) is 5.47. The molecule has 0 aliphatic carbocycles. The van der Waals surface area contributed by atoms with Crippen LogP contribution in [0.3, 0.4) is 0 Å². The van der Waals surface area contributed by atoms with E-state index in [-0.39, 0.29) is 12.5 Å². The quantitative estimate of drug-likeness (QED) is 0.661. The zero-order valence-electron chi connectivity index (χ0n) is 10.3. The predicted octanol–water partition coefficient (Wildman–Crippen LogP) is 1.02. The van der Waals surface area contributed by atoms with Crippen molar-refractivity contribution in [2.24, 2.45) is 0 Å². The summed E-state index contributed by atoms with van der Waals surface area (Å²) < 4.78 is 5.34. The first-order valence-electron chi connectivity index (χ1n) is 6.41. The van der Waals surface area contributed by atoms with Crippen LogP contribution in [0.5, 0.6) is 0 Å². The average Bonchev–Trinajstić information content (AvgIpc) is 2.34. The second kappa shape index (κ2) is 8.53. The van der Waals surface area contributed by atoms with Crippen molar-refractivity contribution >= 4 is 5.91 Å². The number of amides is 1. The van der Waals surface area contributed by atoms with Crippen LogP contribution in [-0.2, 0) is 9.53 Å². The Balaban J connectivity index is 1.97. The lowest BCUT2D eigenvalue weighted by atomic mass is 10.1.